The van der Waals surface area contributed by atoms with E-state index in [1.165, 1.54) is 5.56 Å². The van der Waals surface area contributed by atoms with E-state index in [1.807, 2.05) is 42.5 Å². The fourth-order valence-corrected chi connectivity index (χ4v) is 3.85. The summed E-state index contributed by atoms with van der Waals surface area (Å²) in [4.78, 5) is 19.4. The number of nitrogens with one attached hydrogen (secondary N) is 1. The molecule has 0 spiro atoms. The number of halogens is 1. The van der Waals surface area contributed by atoms with Crippen LogP contribution in [0, 0.1) is 0 Å². The van der Waals surface area contributed by atoms with Gasteiger partial charge in [0.25, 0.3) is 0 Å². The molecule has 4 rings (SSSR count). The number of carbonyl (C=O) groups is 1. The number of benzene rings is 2. The molecule has 1 aliphatic heterocycles. The molecule has 1 unspecified atom stereocenters. The van der Waals surface area contributed by atoms with Crippen LogP contribution in [0.3, 0.4) is 0 Å². The van der Waals surface area contributed by atoms with Crippen LogP contribution in [0.1, 0.15) is 43.7 Å². The minimum atomic E-state index is -0.213. The molecule has 0 bridgehead atoms. The molecule has 0 saturated carbocycles. The van der Waals surface area contributed by atoms with Crippen molar-refractivity contribution in [3.05, 3.63) is 64.5 Å². The van der Waals surface area contributed by atoms with E-state index in [-0.39, 0.29) is 12.1 Å². The van der Waals surface area contributed by atoms with E-state index in [2.05, 4.69) is 44.4 Å². The molecule has 0 radical (unpaired) electrons. The SMILES string of the molecule is CCc1cccc(NC(=O)N2CCCCC2c2nc(-c3ccc(Br)cc3)no2)c1. The molecule has 1 fully saturated rings. The van der Waals surface area contributed by atoms with Crippen molar-refractivity contribution >= 4 is 27.6 Å². The third-order valence-corrected chi connectivity index (χ3v) is 5.71. The predicted molar refractivity (Wildman–Crippen MR) is 116 cm³/mol. The summed E-state index contributed by atoms with van der Waals surface area (Å²) in [6.07, 6.45) is 3.73. The molecule has 150 valence electrons. The lowest BCUT2D eigenvalue weighted by Gasteiger charge is -2.33. The first-order valence-electron chi connectivity index (χ1n) is 9.90. The zero-order valence-corrected chi connectivity index (χ0v) is 17.9. The highest BCUT2D eigenvalue weighted by Crippen LogP contribution is 2.32. The van der Waals surface area contributed by atoms with Crippen LogP contribution in [-0.4, -0.2) is 27.6 Å². The number of carbonyl (C=O) groups excluding carboxylic acids is 1. The Morgan fingerprint density at radius 3 is 2.86 bits per heavy atom. The van der Waals surface area contributed by atoms with Crippen LogP contribution in [0.25, 0.3) is 11.4 Å². The number of anilines is 1. The average Bonchev–Trinajstić information content (AvgIpc) is 3.24. The first-order valence-corrected chi connectivity index (χ1v) is 10.7. The molecule has 7 heteroatoms. The smallest absolute Gasteiger partial charge is 0.322 e. The van der Waals surface area contributed by atoms with E-state index in [4.69, 9.17) is 4.52 Å². The molecule has 2 heterocycles. The normalized spacial score (nSPS) is 16.6. The maximum atomic E-state index is 13.0. The molecular weight excluding hydrogens is 432 g/mol. The molecule has 1 aromatic heterocycles. The third-order valence-electron chi connectivity index (χ3n) is 5.18. The van der Waals surface area contributed by atoms with Crippen LogP contribution in [0.5, 0.6) is 0 Å². The molecular formula is C22H23BrN4O2. The number of rotatable bonds is 4. The van der Waals surface area contributed by atoms with Gasteiger partial charge >= 0.3 is 6.03 Å². The number of piperidine rings is 1. The van der Waals surface area contributed by atoms with Crippen molar-refractivity contribution in [1.82, 2.24) is 15.0 Å². The highest BCUT2D eigenvalue weighted by molar-refractivity contribution is 9.10. The molecule has 2 aromatic carbocycles. The van der Waals surface area contributed by atoms with Crippen LogP contribution in [0.2, 0.25) is 0 Å². The number of nitrogens with zero attached hydrogens (tertiary/aromatic N) is 3. The van der Waals surface area contributed by atoms with E-state index < -0.39 is 0 Å². The van der Waals surface area contributed by atoms with Crippen LogP contribution in [-0.2, 0) is 6.42 Å². The van der Waals surface area contributed by atoms with Gasteiger partial charge in [-0.2, -0.15) is 4.98 Å². The second-order valence-electron chi connectivity index (χ2n) is 7.15. The summed E-state index contributed by atoms with van der Waals surface area (Å²) in [6.45, 7) is 2.76. The van der Waals surface area contributed by atoms with Crippen molar-refractivity contribution < 1.29 is 9.32 Å². The summed E-state index contributed by atoms with van der Waals surface area (Å²) < 4.78 is 6.55. The van der Waals surface area contributed by atoms with Crippen molar-refractivity contribution in [2.45, 2.75) is 38.6 Å². The number of hydrogen-bond donors (Lipinski definition) is 1. The Labute approximate surface area is 178 Å². The predicted octanol–water partition coefficient (Wildman–Crippen LogP) is 5.82. The maximum Gasteiger partial charge on any atom is 0.322 e. The summed E-state index contributed by atoms with van der Waals surface area (Å²) in [5, 5.41) is 7.15. The summed E-state index contributed by atoms with van der Waals surface area (Å²) in [7, 11) is 0. The van der Waals surface area contributed by atoms with Gasteiger partial charge in [0.15, 0.2) is 0 Å². The summed E-state index contributed by atoms with van der Waals surface area (Å²) in [6, 6.07) is 15.3. The highest BCUT2D eigenvalue weighted by Gasteiger charge is 2.32. The molecule has 1 N–H and O–H groups in total. The van der Waals surface area contributed by atoms with Crippen LogP contribution >= 0.6 is 15.9 Å². The van der Waals surface area contributed by atoms with Gasteiger partial charge in [-0.05, 0) is 67.6 Å². The molecule has 0 aliphatic carbocycles. The Hall–Kier alpha value is -2.67. The number of aryl methyl sites for hydroxylation is 1. The number of likely N-dealkylation sites (tertiary alicyclic amines) is 1. The maximum absolute atomic E-state index is 13.0. The van der Waals surface area contributed by atoms with Crippen molar-refractivity contribution in [2.24, 2.45) is 0 Å². The summed E-state index contributed by atoms with van der Waals surface area (Å²) in [5.41, 5.74) is 2.88. The quantitative estimate of drug-likeness (QED) is 0.538. The summed E-state index contributed by atoms with van der Waals surface area (Å²) in [5.74, 6) is 1.02. The molecule has 29 heavy (non-hydrogen) atoms. The first-order chi connectivity index (χ1) is 14.1. The van der Waals surface area contributed by atoms with E-state index in [0.717, 1.165) is 41.4 Å². The van der Waals surface area contributed by atoms with Gasteiger partial charge in [0.1, 0.15) is 6.04 Å². The second kappa shape index (κ2) is 8.78. The third kappa shape index (κ3) is 4.50. The van der Waals surface area contributed by atoms with Crippen molar-refractivity contribution in [3.8, 4) is 11.4 Å². The Morgan fingerprint density at radius 2 is 2.07 bits per heavy atom. The van der Waals surface area contributed by atoms with Gasteiger partial charge in [0.05, 0.1) is 0 Å². The Morgan fingerprint density at radius 1 is 1.24 bits per heavy atom. The van der Waals surface area contributed by atoms with Crippen molar-refractivity contribution in [2.75, 3.05) is 11.9 Å². The Kier molecular flexibility index (Phi) is 5.94. The molecule has 6 nitrogen and oxygen atoms in total. The monoisotopic (exact) mass is 454 g/mol. The fourth-order valence-electron chi connectivity index (χ4n) is 3.58. The molecule has 1 aliphatic rings. The van der Waals surface area contributed by atoms with Gasteiger partial charge in [0.2, 0.25) is 11.7 Å². The second-order valence-corrected chi connectivity index (χ2v) is 8.07. The van der Waals surface area contributed by atoms with Gasteiger partial charge in [-0.3, -0.25) is 0 Å². The zero-order valence-electron chi connectivity index (χ0n) is 16.3. The van der Waals surface area contributed by atoms with Crippen LogP contribution < -0.4 is 5.32 Å². The Balaban J connectivity index is 1.53. The minimum Gasteiger partial charge on any atom is -0.337 e. The number of aromatic nitrogens is 2. The minimum absolute atomic E-state index is 0.133. The van der Waals surface area contributed by atoms with E-state index in [9.17, 15) is 4.79 Å². The Bertz CT molecular complexity index is 986. The van der Waals surface area contributed by atoms with E-state index in [1.54, 1.807) is 4.90 Å². The number of amides is 2. The number of hydrogen-bond acceptors (Lipinski definition) is 4. The topological polar surface area (TPSA) is 71.3 Å². The van der Waals surface area contributed by atoms with Gasteiger partial charge in [-0.15, -0.1) is 0 Å². The highest BCUT2D eigenvalue weighted by atomic mass is 79.9. The van der Waals surface area contributed by atoms with Gasteiger partial charge in [-0.1, -0.05) is 40.1 Å². The van der Waals surface area contributed by atoms with Gasteiger partial charge in [-0.25, -0.2) is 4.79 Å². The van der Waals surface area contributed by atoms with Crippen LogP contribution in [0.4, 0.5) is 10.5 Å². The molecule has 1 saturated heterocycles. The van der Waals surface area contributed by atoms with E-state index >= 15 is 0 Å². The lowest BCUT2D eigenvalue weighted by atomic mass is 10.0. The van der Waals surface area contributed by atoms with Gasteiger partial charge in [0, 0.05) is 22.3 Å². The number of urea groups is 1. The lowest BCUT2D eigenvalue weighted by Crippen LogP contribution is -2.41. The first kappa shape index (κ1) is 19.6. The lowest BCUT2D eigenvalue weighted by molar-refractivity contribution is 0.142. The zero-order chi connectivity index (χ0) is 20.2. The summed E-state index contributed by atoms with van der Waals surface area (Å²) >= 11 is 3.43. The van der Waals surface area contributed by atoms with Crippen molar-refractivity contribution in [1.29, 1.82) is 0 Å². The molecule has 2 amide bonds. The average molecular weight is 455 g/mol. The van der Waals surface area contributed by atoms with E-state index in [0.29, 0.717) is 18.3 Å². The van der Waals surface area contributed by atoms with Gasteiger partial charge < -0.3 is 14.7 Å². The fraction of sp³-hybridized carbons (Fsp3) is 0.318. The standard InChI is InChI=1S/C22H23BrN4O2/c1-2-15-6-5-7-18(14-15)24-22(28)27-13-4-3-8-19(27)21-25-20(26-29-21)16-9-11-17(23)12-10-16/h5-7,9-12,14,19H,2-4,8,13H2,1H3,(H,24,28). The van der Waals surface area contributed by atoms with Crippen LogP contribution in [0.15, 0.2) is 57.5 Å². The van der Waals surface area contributed by atoms with Crippen molar-refractivity contribution in [3.63, 3.8) is 0 Å². The molecule has 3 aromatic rings. The molecule has 1 atom stereocenters. The largest absolute Gasteiger partial charge is 0.337 e.